The van der Waals surface area contributed by atoms with E-state index in [0.717, 1.165) is 0 Å². The Balaban J connectivity index is 2.71. The summed E-state index contributed by atoms with van der Waals surface area (Å²) in [5.74, 6) is 0.441. The Morgan fingerprint density at radius 2 is 2.00 bits per heavy atom. The van der Waals surface area contributed by atoms with Crippen molar-refractivity contribution in [2.45, 2.75) is 13.0 Å². The van der Waals surface area contributed by atoms with Gasteiger partial charge in [0.25, 0.3) is 5.91 Å². The van der Waals surface area contributed by atoms with Crippen LogP contribution >= 0.6 is 11.6 Å². The highest BCUT2D eigenvalue weighted by Crippen LogP contribution is 2.24. The van der Waals surface area contributed by atoms with Crippen LogP contribution in [0.1, 0.15) is 6.92 Å². The number of nitrogens with zero attached hydrogens (tertiary/aromatic N) is 1. The van der Waals surface area contributed by atoms with Crippen LogP contribution in [-0.2, 0) is 4.79 Å². The lowest BCUT2D eigenvalue weighted by Crippen LogP contribution is -2.35. The molecule has 1 amide bonds. The van der Waals surface area contributed by atoms with Crippen LogP contribution in [0.3, 0.4) is 0 Å². The highest BCUT2D eigenvalue weighted by atomic mass is 35.5. The zero-order valence-corrected chi connectivity index (χ0v) is 9.78. The molecule has 0 heterocycles. The van der Waals surface area contributed by atoms with E-state index in [1.165, 1.54) is 4.90 Å². The Labute approximate surface area is 94.6 Å². The van der Waals surface area contributed by atoms with Crippen molar-refractivity contribution in [2.24, 2.45) is 0 Å². The third-order valence-corrected chi connectivity index (χ3v) is 2.24. The number of halogens is 1. The summed E-state index contributed by atoms with van der Waals surface area (Å²) in [6, 6.07) is 7.09. The van der Waals surface area contributed by atoms with Crippen LogP contribution in [-0.4, -0.2) is 31.0 Å². The zero-order valence-electron chi connectivity index (χ0n) is 9.03. The lowest BCUT2D eigenvalue weighted by molar-refractivity contribution is -0.135. The van der Waals surface area contributed by atoms with Crippen molar-refractivity contribution in [3.05, 3.63) is 29.3 Å². The molecule has 1 aromatic carbocycles. The van der Waals surface area contributed by atoms with E-state index in [9.17, 15) is 4.79 Å². The fourth-order valence-electron chi connectivity index (χ4n) is 1.14. The number of rotatable bonds is 3. The normalized spacial score (nSPS) is 12.0. The molecular weight excluding hydrogens is 214 g/mol. The molecule has 0 aliphatic heterocycles. The standard InChI is InChI=1S/C11H14ClNO2/c1-8(11(14)13(2)3)15-10-7-5-4-6-9(10)12/h4-8H,1-3H3/t8-/m0/s1. The average molecular weight is 228 g/mol. The molecule has 0 fully saturated rings. The molecule has 0 unspecified atom stereocenters. The van der Waals surface area contributed by atoms with Crippen LogP contribution in [0.2, 0.25) is 5.02 Å². The molecule has 0 saturated carbocycles. The summed E-state index contributed by atoms with van der Waals surface area (Å²) in [5, 5.41) is 0.510. The van der Waals surface area contributed by atoms with Crippen LogP contribution in [0.25, 0.3) is 0 Å². The van der Waals surface area contributed by atoms with Crippen molar-refractivity contribution in [3.63, 3.8) is 0 Å². The van der Waals surface area contributed by atoms with Gasteiger partial charge < -0.3 is 9.64 Å². The van der Waals surface area contributed by atoms with Gasteiger partial charge >= 0.3 is 0 Å². The number of benzene rings is 1. The zero-order chi connectivity index (χ0) is 11.4. The SMILES string of the molecule is C[C@H](Oc1ccccc1Cl)C(=O)N(C)C. The Hall–Kier alpha value is -1.22. The smallest absolute Gasteiger partial charge is 0.262 e. The molecule has 0 aliphatic rings. The summed E-state index contributed by atoms with van der Waals surface area (Å²) in [7, 11) is 3.38. The molecular formula is C11H14ClNO2. The average Bonchev–Trinajstić information content (AvgIpc) is 2.20. The maximum Gasteiger partial charge on any atom is 0.262 e. The van der Waals surface area contributed by atoms with E-state index < -0.39 is 6.10 Å². The van der Waals surface area contributed by atoms with Crippen molar-refractivity contribution in [1.29, 1.82) is 0 Å². The van der Waals surface area contributed by atoms with E-state index in [1.54, 1.807) is 33.2 Å². The van der Waals surface area contributed by atoms with E-state index in [2.05, 4.69) is 0 Å². The first-order valence-corrected chi connectivity index (χ1v) is 5.02. The highest BCUT2D eigenvalue weighted by molar-refractivity contribution is 6.32. The summed E-state index contributed by atoms with van der Waals surface area (Å²) < 4.78 is 5.45. The van der Waals surface area contributed by atoms with Gasteiger partial charge in [-0.15, -0.1) is 0 Å². The molecule has 1 atom stereocenters. The quantitative estimate of drug-likeness (QED) is 0.792. The van der Waals surface area contributed by atoms with Gasteiger partial charge in [-0.25, -0.2) is 0 Å². The third-order valence-electron chi connectivity index (χ3n) is 1.93. The van der Waals surface area contributed by atoms with Crippen LogP contribution in [0.4, 0.5) is 0 Å². The molecule has 0 spiro atoms. The second-order valence-corrected chi connectivity index (χ2v) is 3.83. The van der Waals surface area contributed by atoms with Crippen molar-refractivity contribution < 1.29 is 9.53 Å². The molecule has 0 aromatic heterocycles. The fraction of sp³-hybridized carbons (Fsp3) is 0.364. The van der Waals surface area contributed by atoms with Gasteiger partial charge in [0.2, 0.25) is 0 Å². The number of carbonyl (C=O) groups excluding carboxylic acids is 1. The molecule has 1 aromatic rings. The summed E-state index contributed by atoms with van der Waals surface area (Å²) in [6.45, 7) is 1.70. The summed E-state index contributed by atoms with van der Waals surface area (Å²) >= 11 is 5.90. The molecule has 0 saturated heterocycles. The molecule has 0 aliphatic carbocycles. The Kier molecular flexibility index (Phi) is 3.97. The molecule has 0 bridgehead atoms. The first kappa shape index (κ1) is 11.9. The lowest BCUT2D eigenvalue weighted by Gasteiger charge is -2.18. The first-order chi connectivity index (χ1) is 7.02. The Morgan fingerprint density at radius 3 is 2.53 bits per heavy atom. The largest absolute Gasteiger partial charge is 0.479 e. The maximum atomic E-state index is 11.5. The molecule has 0 N–H and O–H groups in total. The lowest BCUT2D eigenvalue weighted by atomic mass is 10.3. The molecule has 3 nitrogen and oxygen atoms in total. The predicted octanol–water partition coefficient (Wildman–Crippen LogP) is 2.20. The number of hydrogen-bond donors (Lipinski definition) is 0. The minimum absolute atomic E-state index is 0.0880. The van der Waals surface area contributed by atoms with E-state index in [1.807, 2.05) is 12.1 Å². The number of hydrogen-bond acceptors (Lipinski definition) is 2. The van der Waals surface area contributed by atoms with Gasteiger partial charge in [-0.2, -0.15) is 0 Å². The van der Waals surface area contributed by atoms with Gasteiger partial charge in [-0.1, -0.05) is 23.7 Å². The van der Waals surface area contributed by atoms with E-state index in [0.29, 0.717) is 10.8 Å². The number of para-hydroxylation sites is 1. The van der Waals surface area contributed by atoms with Crippen LogP contribution in [0.15, 0.2) is 24.3 Å². The van der Waals surface area contributed by atoms with Gasteiger partial charge in [0.05, 0.1) is 5.02 Å². The number of ether oxygens (including phenoxy) is 1. The number of carbonyl (C=O) groups is 1. The second-order valence-electron chi connectivity index (χ2n) is 3.42. The van der Waals surface area contributed by atoms with Crippen LogP contribution in [0.5, 0.6) is 5.75 Å². The first-order valence-electron chi connectivity index (χ1n) is 4.64. The van der Waals surface area contributed by atoms with Crippen molar-refractivity contribution in [3.8, 4) is 5.75 Å². The topological polar surface area (TPSA) is 29.5 Å². The van der Waals surface area contributed by atoms with Gasteiger partial charge in [-0.05, 0) is 19.1 Å². The van der Waals surface area contributed by atoms with Crippen molar-refractivity contribution >= 4 is 17.5 Å². The third kappa shape index (κ3) is 3.13. The number of likely N-dealkylation sites (N-methyl/N-ethyl adjacent to an activating group) is 1. The van der Waals surface area contributed by atoms with Gasteiger partial charge in [0.1, 0.15) is 5.75 Å². The van der Waals surface area contributed by atoms with Crippen molar-refractivity contribution in [2.75, 3.05) is 14.1 Å². The molecule has 0 radical (unpaired) electrons. The Bertz CT molecular complexity index is 352. The van der Waals surface area contributed by atoms with Gasteiger partial charge in [-0.3, -0.25) is 4.79 Å². The minimum Gasteiger partial charge on any atom is -0.479 e. The summed E-state index contributed by atoms with van der Waals surface area (Å²) in [4.78, 5) is 13.0. The molecule has 15 heavy (non-hydrogen) atoms. The maximum absolute atomic E-state index is 11.5. The minimum atomic E-state index is -0.528. The van der Waals surface area contributed by atoms with E-state index >= 15 is 0 Å². The monoisotopic (exact) mass is 227 g/mol. The van der Waals surface area contributed by atoms with Gasteiger partial charge in [0, 0.05) is 14.1 Å². The van der Waals surface area contributed by atoms with Crippen LogP contribution in [0, 0.1) is 0 Å². The number of amides is 1. The Morgan fingerprint density at radius 1 is 1.40 bits per heavy atom. The van der Waals surface area contributed by atoms with E-state index in [4.69, 9.17) is 16.3 Å². The highest BCUT2D eigenvalue weighted by Gasteiger charge is 2.17. The van der Waals surface area contributed by atoms with Crippen molar-refractivity contribution in [1.82, 2.24) is 4.90 Å². The predicted molar refractivity (Wildman–Crippen MR) is 60.2 cm³/mol. The van der Waals surface area contributed by atoms with Gasteiger partial charge in [0.15, 0.2) is 6.10 Å². The molecule has 1 rings (SSSR count). The second kappa shape index (κ2) is 5.03. The van der Waals surface area contributed by atoms with Crippen LogP contribution < -0.4 is 4.74 Å². The van der Waals surface area contributed by atoms with E-state index in [-0.39, 0.29) is 5.91 Å². The molecule has 82 valence electrons. The fourth-order valence-corrected chi connectivity index (χ4v) is 1.33. The summed E-state index contributed by atoms with van der Waals surface area (Å²) in [5.41, 5.74) is 0. The molecule has 4 heteroatoms. The summed E-state index contributed by atoms with van der Waals surface area (Å²) in [6.07, 6.45) is -0.528.